The molecular formula is C17H28N2O3. The van der Waals surface area contributed by atoms with E-state index in [0.717, 1.165) is 16.7 Å². The lowest BCUT2D eigenvalue weighted by Crippen LogP contribution is -2.45. The summed E-state index contributed by atoms with van der Waals surface area (Å²) in [6, 6.07) is 5.59. The van der Waals surface area contributed by atoms with E-state index in [1.54, 1.807) is 0 Å². The van der Waals surface area contributed by atoms with Gasteiger partial charge in [0.25, 0.3) is 0 Å². The number of aliphatic hydroxyl groups is 1. The first kappa shape index (κ1) is 18.5. The molecule has 1 rings (SSSR count). The Labute approximate surface area is 133 Å². The molecule has 1 aromatic rings. The van der Waals surface area contributed by atoms with E-state index in [4.69, 9.17) is 4.74 Å². The normalized spacial score (nSPS) is 12.8. The van der Waals surface area contributed by atoms with E-state index >= 15 is 0 Å². The molecule has 5 heteroatoms. The van der Waals surface area contributed by atoms with Crippen LogP contribution in [0.1, 0.15) is 43.6 Å². The van der Waals surface area contributed by atoms with Crippen molar-refractivity contribution in [2.45, 2.75) is 46.3 Å². The second-order valence-corrected chi connectivity index (χ2v) is 6.19. The summed E-state index contributed by atoms with van der Waals surface area (Å²) < 4.78 is 5.51. The van der Waals surface area contributed by atoms with Crippen molar-refractivity contribution in [2.24, 2.45) is 0 Å². The third-order valence-corrected chi connectivity index (χ3v) is 3.29. The van der Waals surface area contributed by atoms with Crippen molar-refractivity contribution in [3.8, 4) is 0 Å². The summed E-state index contributed by atoms with van der Waals surface area (Å²) in [5.41, 5.74) is 2.60. The number of ether oxygens (including phenoxy) is 1. The maximum atomic E-state index is 11.8. The zero-order valence-corrected chi connectivity index (χ0v) is 14.2. The van der Waals surface area contributed by atoms with E-state index < -0.39 is 11.7 Å². The summed E-state index contributed by atoms with van der Waals surface area (Å²) in [7, 11) is 0. The number of urea groups is 1. The minimum Gasteiger partial charge on any atom is -0.387 e. The summed E-state index contributed by atoms with van der Waals surface area (Å²) in [6.07, 6.45) is -0.718. The first-order chi connectivity index (χ1) is 10.2. The van der Waals surface area contributed by atoms with Gasteiger partial charge in [-0.3, -0.25) is 0 Å². The first-order valence-corrected chi connectivity index (χ1v) is 7.65. The molecule has 0 spiro atoms. The van der Waals surface area contributed by atoms with E-state index in [9.17, 15) is 9.90 Å². The molecule has 0 radical (unpaired) electrons. The second kappa shape index (κ2) is 8.15. The summed E-state index contributed by atoms with van der Waals surface area (Å²) >= 11 is 0. The number of nitrogens with one attached hydrogen (secondary N) is 2. The molecule has 0 aliphatic carbocycles. The monoisotopic (exact) mass is 308 g/mol. The van der Waals surface area contributed by atoms with Crippen molar-refractivity contribution < 1.29 is 14.6 Å². The molecule has 3 N–H and O–H groups in total. The number of aryl methyl sites for hydroxylation is 2. The maximum Gasteiger partial charge on any atom is 0.314 e. The molecule has 0 saturated heterocycles. The summed E-state index contributed by atoms with van der Waals surface area (Å²) in [4.78, 5) is 11.8. The highest BCUT2D eigenvalue weighted by molar-refractivity contribution is 5.73. The third-order valence-electron chi connectivity index (χ3n) is 3.29. The van der Waals surface area contributed by atoms with Gasteiger partial charge in [-0.2, -0.15) is 0 Å². The molecule has 1 atom stereocenters. The van der Waals surface area contributed by atoms with Crippen molar-refractivity contribution in [1.82, 2.24) is 10.6 Å². The highest BCUT2D eigenvalue weighted by Gasteiger charge is 2.18. The molecule has 2 amide bonds. The lowest BCUT2D eigenvalue weighted by molar-refractivity contribution is -0.00693. The molecule has 0 heterocycles. The predicted octanol–water partition coefficient (Wildman–Crippen LogP) is 2.45. The smallest absolute Gasteiger partial charge is 0.314 e. The van der Waals surface area contributed by atoms with Crippen molar-refractivity contribution in [1.29, 1.82) is 0 Å². The number of carbonyl (C=O) groups excluding carboxylic acids is 1. The Bertz CT molecular complexity index is 480. The van der Waals surface area contributed by atoms with Crippen LogP contribution < -0.4 is 10.6 Å². The van der Waals surface area contributed by atoms with Gasteiger partial charge in [0.15, 0.2) is 0 Å². The SMILES string of the molecule is CCOC(C)(C)CNC(=O)NC[C@@H](O)c1cc(C)cc(C)c1. The van der Waals surface area contributed by atoms with E-state index in [0.29, 0.717) is 13.2 Å². The van der Waals surface area contributed by atoms with Crippen LogP contribution in [-0.2, 0) is 4.74 Å². The molecule has 22 heavy (non-hydrogen) atoms. The Morgan fingerprint density at radius 3 is 2.36 bits per heavy atom. The standard InChI is InChI=1S/C17H28N2O3/c1-6-22-17(4,5)11-19-16(21)18-10-15(20)14-8-12(2)7-13(3)9-14/h7-9,15,20H,6,10-11H2,1-5H3,(H2,18,19,21)/t15-/m1/s1. The van der Waals surface area contributed by atoms with Crippen molar-refractivity contribution in [3.63, 3.8) is 0 Å². The largest absolute Gasteiger partial charge is 0.387 e. The van der Waals surface area contributed by atoms with E-state index in [1.807, 2.05) is 52.8 Å². The molecule has 0 aliphatic heterocycles. The van der Waals surface area contributed by atoms with Crippen molar-refractivity contribution in [3.05, 3.63) is 34.9 Å². The van der Waals surface area contributed by atoms with Gasteiger partial charge < -0.3 is 20.5 Å². The minimum absolute atomic E-state index is 0.170. The van der Waals surface area contributed by atoms with Gasteiger partial charge in [0.05, 0.1) is 11.7 Å². The fraction of sp³-hybridized carbons (Fsp3) is 0.588. The van der Waals surface area contributed by atoms with Crippen LogP contribution in [0.4, 0.5) is 4.79 Å². The van der Waals surface area contributed by atoms with Crippen LogP contribution in [0.15, 0.2) is 18.2 Å². The zero-order chi connectivity index (χ0) is 16.8. The van der Waals surface area contributed by atoms with E-state index in [1.165, 1.54) is 0 Å². The Morgan fingerprint density at radius 1 is 1.23 bits per heavy atom. The number of carbonyl (C=O) groups is 1. The molecule has 0 saturated carbocycles. The van der Waals surface area contributed by atoms with Gasteiger partial charge in [-0.25, -0.2) is 4.79 Å². The fourth-order valence-corrected chi connectivity index (χ4v) is 2.31. The molecule has 0 aliphatic rings. The van der Waals surface area contributed by atoms with Gasteiger partial charge in [-0.05, 0) is 40.2 Å². The van der Waals surface area contributed by atoms with Crippen LogP contribution in [-0.4, -0.2) is 36.4 Å². The number of hydrogen-bond donors (Lipinski definition) is 3. The van der Waals surface area contributed by atoms with Crippen LogP contribution >= 0.6 is 0 Å². The lowest BCUT2D eigenvalue weighted by Gasteiger charge is -2.25. The topological polar surface area (TPSA) is 70.6 Å². The highest BCUT2D eigenvalue weighted by Crippen LogP contribution is 2.16. The maximum absolute atomic E-state index is 11.8. The Morgan fingerprint density at radius 2 is 1.82 bits per heavy atom. The summed E-state index contributed by atoms with van der Waals surface area (Å²) in [6.45, 7) is 10.9. The Kier molecular flexibility index (Phi) is 6.84. The molecule has 0 unspecified atom stereocenters. The van der Waals surface area contributed by atoms with E-state index in [-0.39, 0.29) is 12.6 Å². The molecule has 124 valence electrons. The molecule has 0 bridgehead atoms. The van der Waals surface area contributed by atoms with Crippen LogP contribution in [0.2, 0.25) is 0 Å². The van der Waals surface area contributed by atoms with Gasteiger partial charge in [0, 0.05) is 19.7 Å². The van der Waals surface area contributed by atoms with Gasteiger partial charge in [0.1, 0.15) is 0 Å². The lowest BCUT2D eigenvalue weighted by atomic mass is 10.0. The second-order valence-electron chi connectivity index (χ2n) is 6.19. The average molecular weight is 308 g/mol. The molecule has 5 nitrogen and oxygen atoms in total. The fourth-order valence-electron chi connectivity index (χ4n) is 2.31. The molecule has 0 fully saturated rings. The number of benzene rings is 1. The highest BCUT2D eigenvalue weighted by atomic mass is 16.5. The number of hydrogen-bond acceptors (Lipinski definition) is 3. The van der Waals surface area contributed by atoms with E-state index in [2.05, 4.69) is 10.6 Å². The van der Waals surface area contributed by atoms with Gasteiger partial charge in [0.2, 0.25) is 0 Å². The first-order valence-electron chi connectivity index (χ1n) is 7.65. The van der Waals surface area contributed by atoms with Gasteiger partial charge in [-0.1, -0.05) is 29.3 Å². The zero-order valence-electron chi connectivity index (χ0n) is 14.2. The van der Waals surface area contributed by atoms with Crippen molar-refractivity contribution >= 4 is 6.03 Å². The van der Waals surface area contributed by atoms with Crippen LogP contribution in [0, 0.1) is 13.8 Å². The summed E-state index contributed by atoms with van der Waals surface area (Å²) in [5, 5.41) is 15.6. The Balaban J connectivity index is 2.43. The molecular weight excluding hydrogens is 280 g/mol. The molecule has 1 aromatic carbocycles. The van der Waals surface area contributed by atoms with Gasteiger partial charge >= 0.3 is 6.03 Å². The van der Waals surface area contributed by atoms with Crippen LogP contribution in [0.3, 0.4) is 0 Å². The van der Waals surface area contributed by atoms with Crippen LogP contribution in [0.5, 0.6) is 0 Å². The molecule has 0 aromatic heterocycles. The predicted molar refractivity (Wildman–Crippen MR) is 88.0 cm³/mol. The van der Waals surface area contributed by atoms with Crippen LogP contribution in [0.25, 0.3) is 0 Å². The minimum atomic E-state index is -0.718. The Hall–Kier alpha value is -1.59. The summed E-state index contributed by atoms with van der Waals surface area (Å²) in [5.74, 6) is 0. The third kappa shape index (κ3) is 6.45. The number of aliphatic hydroxyl groups excluding tert-OH is 1. The van der Waals surface area contributed by atoms with Crippen molar-refractivity contribution in [2.75, 3.05) is 19.7 Å². The number of amides is 2. The average Bonchev–Trinajstić information content (AvgIpc) is 2.41. The number of rotatable bonds is 7. The quantitative estimate of drug-likeness (QED) is 0.724. The van der Waals surface area contributed by atoms with Gasteiger partial charge in [-0.15, -0.1) is 0 Å².